The number of rotatable bonds is 6. The molecule has 0 fully saturated rings. The third-order valence-corrected chi connectivity index (χ3v) is 6.86. The molecule has 0 atom stereocenters. The van der Waals surface area contributed by atoms with E-state index in [-0.39, 0.29) is 11.7 Å². The molecule has 1 aliphatic heterocycles. The maximum absolute atomic E-state index is 13.5. The summed E-state index contributed by atoms with van der Waals surface area (Å²) in [6.07, 6.45) is 0.842. The van der Waals surface area contributed by atoms with Gasteiger partial charge in [-0.15, -0.1) is 11.3 Å². The van der Waals surface area contributed by atoms with Crippen LogP contribution >= 0.6 is 11.3 Å². The van der Waals surface area contributed by atoms with Crippen molar-refractivity contribution < 1.29 is 9.18 Å². The summed E-state index contributed by atoms with van der Waals surface area (Å²) in [4.78, 5) is 17.7. The van der Waals surface area contributed by atoms with Gasteiger partial charge in [-0.2, -0.15) is 5.10 Å². The summed E-state index contributed by atoms with van der Waals surface area (Å²) in [5, 5.41) is 6.82. The molecule has 1 aliphatic rings. The van der Waals surface area contributed by atoms with Gasteiger partial charge in [0.15, 0.2) is 0 Å². The van der Waals surface area contributed by atoms with E-state index in [0.717, 1.165) is 53.6 Å². The van der Waals surface area contributed by atoms with Crippen molar-refractivity contribution in [3.8, 4) is 5.69 Å². The zero-order valence-electron chi connectivity index (χ0n) is 18.4. The molecule has 0 saturated heterocycles. The molecule has 0 radical (unpaired) electrons. The summed E-state index contributed by atoms with van der Waals surface area (Å²) >= 11 is 1.44. The molecule has 5 nitrogen and oxygen atoms in total. The van der Waals surface area contributed by atoms with Crippen LogP contribution in [0.25, 0.3) is 5.69 Å². The maximum Gasteiger partial charge on any atom is 0.264 e. The van der Waals surface area contributed by atoms with E-state index in [0.29, 0.717) is 6.54 Å². The second kappa shape index (κ2) is 9.29. The first kappa shape index (κ1) is 21.6. The Hall–Kier alpha value is -3.29. The van der Waals surface area contributed by atoms with Crippen LogP contribution < -0.4 is 0 Å². The Kier molecular flexibility index (Phi) is 6.07. The number of carbonyl (C=O) groups excluding carboxylic acids is 1. The van der Waals surface area contributed by atoms with E-state index < -0.39 is 0 Å². The van der Waals surface area contributed by atoms with Crippen LogP contribution in [0, 0.1) is 5.82 Å². The van der Waals surface area contributed by atoms with Crippen molar-refractivity contribution in [2.45, 2.75) is 26.1 Å². The molecule has 0 spiro atoms. The number of aromatic nitrogens is 2. The highest BCUT2D eigenvalue weighted by atomic mass is 32.1. The number of halogens is 1. The fourth-order valence-electron chi connectivity index (χ4n) is 4.33. The second-order valence-corrected chi connectivity index (χ2v) is 9.29. The average molecular weight is 461 g/mol. The fraction of sp³-hybridized carbons (Fsp3) is 0.231. The maximum atomic E-state index is 13.5. The number of hydrogen-bond donors (Lipinski definition) is 0. The van der Waals surface area contributed by atoms with Gasteiger partial charge in [-0.3, -0.25) is 9.69 Å². The number of amides is 1. The summed E-state index contributed by atoms with van der Waals surface area (Å²) in [6.45, 7) is 2.97. The van der Waals surface area contributed by atoms with Crippen LogP contribution in [0.2, 0.25) is 0 Å². The SMILES string of the molecule is CN(Cc1nn(-c2ccc(F)cc2)c2c1CN(Cc1ccccc1)CC2)C(=O)c1cccs1. The minimum Gasteiger partial charge on any atom is -0.335 e. The predicted octanol–water partition coefficient (Wildman–Crippen LogP) is 4.90. The molecule has 0 unspecified atom stereocenters. The van der Waals surface area contributed by atoms with Crippen molar-refractivity contribution >= 4 is 17.2 Å². The van der Waals surface area contributed by atoms with Crippen LogP contribution in [0.1, 0.15) is 32.2 Å². The quantitative estimate of drug-likeness (QED) is 0.411. The van der Waals surface area contributed by atoms with Gasteiger partial charge in [-0.1, -0.05) is 36.4 Å². The van der Waals surface area contributed by atoms with Crippen LogP contribution in [0.4, 0.5) is 4.39 Å². The van der Waals surface area contributed by atoms with Crippen LogP contribution in [0.3, 0.4) is 0 Å². The van der Waals surface area contributed by atoms with Gasteiger partial charge in [0.2, 0.25) is 0 Å². The second-order valence-electron chi connectivity index (χ2n) is 8.34. The smallest absolute Gasteiger partial charge is 0.264 e. The zero-order chi connectivity index (χ0) is 22.8. The third-order valence-electron chi connectivity index (χ3n) is 6.01. The monoisotopic (exact) mass is 460 g/mol. The summed E-state index contributed by atoms with van der Waals surface area (Å²) in [6, 6.07) is 20.6. The minimum absolute atomic E-state index is 0.00738. The number of benzene rings is 2. The predicted molar refractivity (Wildman–Crippen MR) is 128 cm³/mol. The van der Waals surface area contributed by atoms with E-state index in [2.05, 4.69) is 29.2 Å². The Labute approximate surface area is 196 Å². The van der Waals surface area contributed by atoms with E-state index in [9.17, 15) is 9.18 Å². The Bertz CT molecular complexity index is 1240. The van der Waals surface area contributed by atoms with Gasteiger partial charge >= 0.3 is 0 Å². The largest absolute Gasteiger partial charge is 0.335 e. The molecular weight excluding hydrogens is 435 g/mol. The van der Waals surface area contributed by atoms with Gasteiger partial charge < -0.3 is 4.90 Å². The van der Waals surface area contributed by atoms with Crippen LogP contribution in [0.5, 0.6) is 0 Å². The topological polar surface area (TPSA) is 41.4 Å². The van der Waals surface area contributed by atoms with Crippen molar-refractivity contribution in [1.29, 1.82) is 0 Å². The van der Waals surface area contributed by atoms with Gasteiger partial charge in [-0.25, -0.2) is 9.07 Å². The van der Waals surface area contributed by atoms with E-state index in [4.69, 9.17) is 5.10 Å². The van der Waals surface area contributed by atoms with Crippen LogP contribution in [-0.2, 0) is 26.1 Å². The first-order valence-corrected chi connectivity index (χ1v) is 11.9. The van der Waals surface area contributed by atoms with E-state index >= 15 is 0 Å². The Morgan fingerprint density at radius 2 is 1.88 bits per heavy atom. The molecule has 1 amide bonds. The summed E-state index contributed by atoms with van der Waals surface area (Å²) < 4.78 is 15.4. The molecular formula is C26H25FN4OS. The number of carbonyl (C=O) groups is 1. The van der Waals surface area contributed by atoms with Crippen molar-refractivity contribution in [2.24, 2.45) is 0 Å². The molecule has 168 valence electrons. The Morgan fingerprint density at radius 1 is 1.09 bits per heavy atom. The lowest BCUT2D eigenvalue weighted by atomic mass is 10.0. The van der Waals surface area contributed by atoms with Crippen molar-refractivity contribution in [1.82, 2.24) is 19.6 Å². The highest BCUT2D eigenvalue weighted by Gasteiger charge is 2.27. The molecule has 2 aromatic heterocycles. The van der Waals surface area contributed by atoms with Crippen molar-refractivity contribution in [3.63, 3.8) is 0 Å². The van der Waals surface area contributed by atoms with Crippen molar-refractivity contribution in [3.05, 3.63) is 105 Å². The number of fused-ring (bicyclic) bond motifs is 1. The van der Waals surface area contributed by atoms with E-state index in [1.165, 1.54) is 29.0 Å². The van der Waals surface area contributed by atoms with Gasteiger partial charge in [0, 0.05) is 38.7 Å². The van der Waals surface area contributed by atoms with Gasteiger partial charge in [-0.05, 0) is 41.3 Å². The fourth-order valence-corrected chi connectivity index (χ4v) is 5.04. The average Bonchev–Trinajstić information content (AvgIpc) is 3.49. The summed E-state index contributed by atoms with van der Waals surface area (Å²) in [5.41, 5.74) is 5.30. The van der Waals surface area contributed by atoms with Gasteiger partial charge in [0.25, 0.3) is 5.91 Å². The number of nitrogens with zero attached hydrogens (tertiary/aromatic N) is 4. The standard InChI is InChI=1S/C26H25FN4OS/c1-29(26(32)25-8-5-15-33-25)18-23-22-17-30(16-19-6-3-2-4-7-19)14-13-24(22)31(28-23)21-11-9-20(27)10-12-21/h2-12,15H,13-14,16-18H2,1H3. The van der Waals surface area contributed by atoms with E-state index in [1.807, 2.05) is 35.3 Å². The molecule has 2 aromatic carbocycles. The van der Waals surface area contributed by atoms with Gasteiger partial charge in [0.1, 0.15) is 5.82 Å². The highest BCUT2D eigenvalue weighted by molar-refractivity contribution is 7.12. The van der Waals surface area contributed by atoms with E-state index in [1.54, 1.807) is 17.0 Å². The molecule has 7 heteroatoms. The zero-order valence-corrected chi connectivity index (χ0v) is 19.3. The molecule has 0 N–H and O–H groups in total. The summed E-state index contributed by atoms with van der Waals surface area (Å²) in [7, 11) is 1.82. The lowest BCUT2D eigenvalue weighted by Gasteiger charge is -2.28. The Morgan fingerprint density at radius 3 is 2.61 bits per heavy atom. The lowest BCUT2D eigenvalue weighted by molar-refractivity contribution is 0.0787. The Balaban J connectivity index is 1.46. The highest BCUT2D eigenvalue weighted by Crippen LogP contribution is 2.28. The summed E-state index contributed by atoms with van der Waals surface area (Å²) in [5.74, 6) is -0.276. The molecule has 0 saturated carbocycles. The molecule has 4 aromatic rings. The van der Waals surface area contributed by atoms with Crippen molar-refractivity contribution in [2.75, 3.05) is 13.6 Å². The molecule has 0 bridgehead atoms. The van der Waals surface area contributed by atoms with Crippen LogP contribution in [0.15, 0.2) is 72.1 Å². The molecule has 3 heterocycles. The number of hydrogen-bond acceptors (Lipinski definition) is 4. The number of thiophene rings is 1. The first-order valence-electron chi connectivity index (χ1n) is 11.0. The molecule has 33 heavy (non-hydrogen) atoms. The van der Waals surface area contributed by atoms with Crippen LogP contribution in [-0.4, -0.2) is 39.1 Å². The lowest BCUT2D eigenvalue weighted by Crippen LogP contribution is -2.32. The minimum atomic E-state index is -0.268. The third kappa shape index (κ3) is 4.60. The normalized spacial score (nSPS) is 13.6. The molecule has 0 aliphatic carbocycles. The first-order chi connectivity index (χ1) is 16.1. The van der Waals surface area contributed by atoms with Gasteiger partial charge in [0.05, 0.1) is 28.5 Å². The molecule has 5 rings (SSSR count).